The van der Waals surface area contributed by atoms with Crippen molar-refractivity contribution in [3.05, 3.63) is 28.8 Å². The number of hydrogen-bond donors (Lipinski definition) is 0. The summed E-state index contributed by atoms with van der Waals surface area (Å²) >= 11 is 6.00. The highest BCUT2D eigenvalue weighted by atomic mass is 35.5. The second-order valence-electron chi connectivity index (χ2n) is 3.20. The number of benzene rings is 1. The Kier molecular flexibility index (Phi) is 3.85. The fourth-order valence-corrected chi connectivity index (χ4v) is 1.55. The van der Waals surface area contributed by atoms with Gasteiger partial charge in [0.1, 0.15) is 5.75 Å². The molecule has 1 aromatic rings. The fourth-order valence-electron chi connectivity index (χ4n) is 1.28. The first-order valence-corrected chi connectivity index (χ1v) is 4.83. The van der Waals surface area contributed by atoms with E-state index in [9.17, 15) is 0 Å². The Bertz CT molecular complexity index is 352. The Morgan fingerprint density at radius 3 is 2.79 bits per heavy atom. The maximum absolute atomic E-state index is 6.00. The minimum Gasteiger partial charge on any atom is -0.495 e. The van der Waals surface area contributed by atoms with Gasteiger partial charge in [0.05, 0.1) is 12.1 Å². The predicted octanol–water partition coefficient (Wildman–Crippen LogP) is 3.48. The van der Waals surface area contributed by atoms with Crippen molar-refractivity contribution in [3.63, 3.8) is 0 Å². The predicted molar refractivity (Wildman–Crippen MR) is 59.9 cm³/mol. The SMILES string of the molecule is C#CCC(C)c1ccc(OC)c(Cl)c1. The van der Waals surface area contributed by atoms with Gasteiger partial charge < -0.3 is 4.74 Å². The Balaban J connectivity index is 2.92. The van der Waals surface area contributed by atoms with Gasteiger partial charge in [0, 0.05) is 6.42 Å². The maximum Gasteiger partial charge on any atom is 0.137 e. The highest BCUT2D eigenvalue weighted by Crippen LogP contribution is 2.29. The van der Waals surface area contributed by atoms with E-state index in [4.69, 9.17) is 22.8 Å². The number of terminal acetylenes is 1. The van der Waals surface area contributed by atoms with Crippen LogP contribution in [0.4, 0.5) is 0 Å². The van der Waals surface area contributed by atoms with Gasteiger partial charge >= 0.3 is 0 Å². The molecular formula is C12H13ClO. The van der Waals surface area contributed by atoms with Crippen LogP contribution in [-0.2, 0) is 0 Å². The molecule has 14 heavy (non-hydrogen) atoms. The molecule has 0 saturated carbocycles. The van der Waals surface area contributed by atoms with Crippen LogP contribution in [0.25, 0.3) is 0 Å². The Morgan fingerprint density at radius 2 is 2.29 bits per heavy atom. The van der Waals surface area contributed by atoms with Gasteiger partial charge in [-0.2, -0.15) is 0 Å². The highest BCUT2D eigenvalue weighted by Gasteiger charge is 2.07. The zero-order valence-electron chi connectivity index (χ0n) is 8.38. The van der Waals surface area contributed by atoms with Crippen molar-refractivity contribution in [1.29, 1.82) is 0 Å². The van der Waals surface area contributed by atoms with Crippen molar-refractivity contribution in [2.75, 3.05) is 7.11 Å². The van der Waals surface area contributed by atoms with E-state index in [1.54, 1.807) is 7.11 Å². The molecule has 0 fully saturated rings. The van der Waals surface area contributed by atoms with Gasteiger partial charge in [-0.25, -0.2) is 0 Å². The first kappa shape index (κ1) is 10.9. The van der Waals surface area contributed by atoms with E-state index in [0.29, 0.717) is 16.7 Å². The lowest BCUT2D eigenvalue weighted by atomic mass is 9.98. The van der Waals surface area contributed by atoms with E-state index in [2.05, 4.69) is 12.8 Å². The molecule has 0 aliphatic heterocycles. The third-order valence-electron chi connectivity index (χ3n) is 2.17. The van der Waals surface area contributed by atoms with Crippen LogP contribution >= 0.6 is 11.6 Å². The summed E-state index contributed by atoms with van der Waals surface area (Å²) in [7, 11) is 1.60. The van der Waals surface area contributed by atoms with Crippen LogP contribution in [0.1, 0.15) is 24.8 Å². The van der Waals surface area contributed by atoms with E-state index in [0.717, 1.165) is 12.0 Å². The second kappa shape index (κ2) is 4.93. The van der Waals surface area contributed by atoms with Gasteiger partial charge in [0.25, 0.3) is 0 Å². The molecule has 0 aromatic heterocycles. The molecule has 0 heterocycles. The van der Waals surface area contributed by atoms with Crippen LogP contribution in [0.3, 0.4) is 0 Å². The van der Waals surface area contributed by atoms with Crippen molar-refractivity contribution in [2.24, 2.45) is 0 Å². The molecule has 74 valence electrons. The minimum absolute atomic E-state index is 0.336. The lowest BCUT2D eigenvalue weighted by Gasteiger charge is -2.10. The van der Waals surface area contributed by atoms with E-state index < -0.39 is 0 Å². The summed E-state index contributed by atoms with van der Waals surface area (Å²) in [6.07, 6.45) is 5.98. The highest BCUT2D eigenvalue weighted by molar-refractivity contribution is 6.32. The smallest absolute Gasteiger partial charge is 0.137 e. The van der Waals surface area contributed by atoms with Crippen LogP contribution in [0.2, 0.25) is 5.02 Å². The van der Waals surface area contributed by atoms with Crippen molar-refractivity contribution >= 4 is 11.6 Å². The standard InChI is InChI=1S/C12H13ClO/c1-4-5-9(2)10-6-7-12(14-3)11(13)8-10/h1,6-9H,5H2,2-3H3. The molecule has 1 nitrogen and oxygen atoms in total. The molecule has 0 radical (unpaired) electrons. The van der Waals surface area contributed by atoms with Crippen molar-refractivity contribution < 1.29 is 4.74 Å². The largest absolute Gasteiger partial charge is 0.495 e. The molecule has 0 bridgehead atoms. The summed E-state index contributed by atoms with van der Waals surface area (Å²) in [6.45, 7) is 2.08. The molecule has 0 N–H and O–H groups in total. The third kappa shape index (κ3) is 2.43. The lowest BCUT2D eigenvalue weighted by Crippen LogP contribution is -1.93. The zero-order valence-corrected chi connectivity index (χ0v) is 9.14. The van der Waals surface area contributed by atoms with E-state index in [-0.39, 0.29) is 0 Å². The molecule has 1 rings (SSSR count). The normalized spacial score (nSPS) is 11.9. The average Bonchev–Trinajstić information content (AvgIpc) is 2.18. The van der Waals surface area contributed by atoms with E-state index >= 15 is 0 Å². The Labute approximate surface area is 90.0 Å². The quantitative estimate of drug-likeness (QED) is 0.692. The van der Waals surface area contributed by atoms with Gasteiger partial charge in [0.2, 0.25) is 0 Å². The number of hydrogen-bond acceptors (Lipinski definition) is 1. The Morgan fingerprint density at radius 1 is 1.57 bits per heavy atom. The van der Waals surface area contributed by atoms with Gasteiger partial charge in [-0.3, -0.25) is 0 Å². The zero-order chi connectivity index (χ0) is 10.6. The van der Waals surface area contributed by atoms with Crippen molar-refractivity contribution in [2.45, 2.75) is 19.3 Å². The molecule has 0 aliphatic carbocycles. The van der Waals surface area contributed by atoms with Gasteiger partial charge in [-0.1, -0.05) is 24.6 Å². The first-order chi connectivity index (χ1) is 6.69. The molecule has 1 atom stereocenters. The number of halogens is 1. The minimum atomic E-state index is 0.336. The number of methoxy groups -OCH3 is 1. The van der Waals surface area contributed by atoms with Crippen LogP contribution < -0.4 is 4.74 Å². The molecule has 0 amide bonds. The fraction of sp³-hybridized carbons (Fsp3) is 0.333. The summed E-state index contributed by atoms with van der Waals surface area (Å²) < 4.78 is 5.07. The number of rotatable bonds is 3. The maximum atomic E-state index is 6.00. The monoisotopic (exact) mass is 208 g/mol. The van der Waals surface area contributed by atoms with Crippen molar-refractivity contribution in [3.8, 4) is 18.1 Å². The van der Waals surface area contributed by atoms with Gasteiger partial charge in [-0.05, 0) is 23.6 Å². The van der Waals surface area contributed by atoms with Gasteiger partial charge in [0.15, 0.2) is 0 Å². The Hall–Kier alpha value is -1.13. The van der Waals surface area contributed by atoms with Crippen LogP contribution in [0.5, 0.6) is 5.75 Å². The summed E-state index contributed by atoms with van der Waals surface area (Å²) in [5.74, 6) is 3.67. The van der Waals surface area contributed by atoms with Crippen LogP contribution in [0, 0.1) is 12.3 Å². The van der Waals surface area contributed by atoms with Crippen LogP contribution in [0.15, 0.2) is 18.2 Å². The number of ether oxygens (including phenoxy) is 1. The van der Waals surface area contributed by atoms with E-state index in [1.807, 2.05) is 18.2 Å². The molecule has 0 saturated heterocycles. The summed E-state index contributed by atoms with van der Waals surface area (Å²) in [6, 6.07) is 5.76. The topological polar surface area (TPSA) is 9.23 Å². The second-order valence-corrected chi connectivity index (χ2v) is 3.61. The first-order valence-electron chi connectivity index (χ1n) is 4.46. The van der Waals surface area contributed by atoms with E-state index in [1.165, 1.54) is 0 Å². The van der Waals surface area contributed by atoms with Gasteiger partial charge in [-0.15, -0.1) is 12.3 Å². The summed E-state index contributed by atoms with van der Waals surface area (Å²) in [5.41, 5.74) is 1.15. The van der Waals surface area contributed by atoms with Crippen LogP contribution in [-0.4, -0.2) is 7.11 Å². The van der Waals surface area contributed by atoms with Crippen molar-refractivity contribution in [1.82, 2.24) is 0 Å². The third-order valence-corrected chi connectivity index (χ3v) is 2.46. The average molecular weight is 209 g/mol. The molecular weight excluding hydrogens is 196 g/mol. The lowest BCUT2D eigenvalue weighted by molar-refractivity contribution is 0.415. The molecule has 2 heteroatoms. The molecule has 1 aromatic carbocycles. The molecule has 1 unspecified atom stereocenters. The molecule has 0 spiro atoms. The molecule has 0 aliphatic rings. The summed E-state index contributed by atoms with van der Waals surface area (Å²) in [4.78, 5) is 0. The summed E-state index contributed by atoms with van der Waals surface area (Å²) in [5, 5.41) is 0.633.